The first-order valence-electron chi connectivity index (χ1n) is 8.24. The summed E-state index contributed by atoms with van der Waals surface area (Å²) in [6, 6.07) is 10.9. The Morgan fingerprint density at radius 1 is 0.679 bits per heavy atom. The van der Waals surface area contributed by atoms with Gasteiger partial charge in [-0.3, -0.25) is 14.4 Å². The first-order chi connectivity index (χ1) is 13.4. The number of pyridine rings is 1. The Kier molecular flexibility index (Phi) is 3.68. The Morgan fingerprint density at radius 3 is 1.96 bits per heavy atom. The molecule has 7 heteroatoms. The zero-order valence-corrected chi connectivity index (χ0v) is 16.2. The van der Waals surface area contributed by atoms with E-state index < -0.39 is 0 Å². The lowest BCUT2D eigenvalue weighted by Crippen LogP contribution is -2.23. The standard InChI is InChI=1S/C21H8Cl3NO3/c22-8-5-11-17(14(24)6-8)25-18-12(19(11)26)7-13(23)15-16(18)21(28)10-4-2-1-3-9(10)20(15)27/h1-7H,(H,25,26). The van der Waals surface area contributed by atoms with Crippen molar-refractivity contribution < 1.29 is 9.59 Å². The zero-order chi connectivity index (χ0) is 19.7. The van der Waals surface area contributed by atoms with Crippen molar-refractivity contribution in [1.82, 2.24) is 4.98 Å². The van der Waals surface area contributed by atoms with Crippen molar-refractivity contribution in [3.63, 3.8) is 0 Å². The van der Waals surface area contributed by atoms with Crippen molar-refractivity contribution >= 4 is 68.2 Å². The highest BCUT2D eigenvalue weighted by molar-refractivity contribution is 6.42. The van der Waals surface area contributed by atoms with Gasteiger partial charge in [-0.25, -0.2) is 0 Å². The third-order valence-corrected chi connectivity index (χ3v) is 5.76. The summed E-state index contributed by atoms with van der Waals surface area (Å²) in [5.74, 6) is -0.738. The minimum absolute atomic E-state index is 0.0494. The van der Waals surface area contributed by atoms with E-state index in [0.717, 1.165) is 0 Å². The highest BCUT2D eigenvalue weighted by atomic mass is 35.5. The number of ketones is 2. The summed E-state index contributed by atoms with van der Waals surface area (Å²) in [7, 11) is 0. The largest absolute Gasteiger partial charge is 0.352 e. The van der Waals surface area contributed by atoms with Crippen molar-refractivity contribution in [3.8, 4) is 0 Å². The highest BCUT2D eigenvalue weighted by Gasteiger charge is 2.34. The van der Waals surface area contributed by atoms with E-state index in [2.05, 4.69) is 4.98 Å². The number of carbonyl (C=O) groups is 2. The van der Waals surface area contributed by atoms with E-state index in [9.17, 15) is 14.4 Å². The fourth-order valence-corrected chi connectivity index (χ4v) is 4.54. The molecule has 0 amide bonds. The summed E-state index contributed by atoms with van der Waals surface area (Å²) in [6.45, 7) is 0. The number of aromatic amines is 1. The number of H-pyrrole nitrogens is 1. The average molecular weight is 429 g/mol. The van der Waals surface area contributed by atoms with Crippen LogP contribution >= 0.6 is 34.8 Å². The maximum atomic E-state index is 13.2. The molecular formula is C21H8Cl3NO3. The summed E-state index contributed by atoms with van der Waals surface area (Å²) < 4.78 is 0. The third kappa shape index (κ3) is 2.23. The molecular weight excluding hydrogens is 421 g/mol. The number of aromatic nitrogens is 1. The molecule has 1 N–H and O–H groups in total. The van der Waals surface area contributed by atoms with Gasteiger partial charge in [-0.15, -0.1) is 0 Å². The van der Waals surface area contributed by atoms with Gasteiger partial charge >= 0.3 is 0 Å². The molecule has 0 saturated carbocycles. The normalized spacial score (nSPS) is 13.1. The Balaban J connectivity index is 2.01. The summed E-state index contributed by atoms with van der Waals surface area (Å²) in [6.07, 6.45) is 0. The Labute approximate surface area is 172 Å². The van der Waals surface area contributed by atoms with Gasteiger partial charge in [0.15, 0.2) is 17.0 Å². The van der Waals surface area contributed by atoms with Crippen LogP contribution in [0.1, 0.15) is 31.8 Å². The maximum Gasteiger partial charge on any atom is 0.197 e. The van der Waals surface area contributed by atoms with Crippen molar-refractivity contribution in [2.24, 2.45) is 0 Å². The predicted octanol–water partition coefficient (Wildman–Crippen LogP) is 5.42. The van der Waals surface area contributed by atoms with E-state index in [1.54, 1.807) is 24.3 Å². The molecule has 1 aliphatic rings. The number of hydrogen-bond acceptors (Lipinski definition) is 3. The Bertz CT molecular complexity index is 1450. The van der Waals surface area contributed by atoms with Gasteiger partial charge in [0.05, 0.1) is 32.2 Å². The lowest BCUT2D eigenvalue weighted by Gasteiger charge is -2.20. The molecule has 4 nitrogen and oxygen atoms in total. The van der Waals surface area contributed by atoms with Crippen molar-refractivity contribution in [3.05, 3.63) is 90.0 Å². The Morgan fingerprint density at radius 2 is 1.29 bits per heavy atom. The van der Waals surface area contributed by atoms with E-state index in [1.165, 1.54) is 18.2 Å². The molecule has 0 aliphatic heterocycles. The van der Waals surface area contributed by atoms with Crippen LogP contribution in [-0.4, -0.2) is 16.6 Å². The number of hydrogen-bond donors (Lipinski definition) is 1. The van der Waals surface area contributed by atoms with Gasteiger partial charge in [-0.2, -0.15) is 0 Å². The predicted molar refractivity (Wildman–Crippen MR) is 110 cm³/mol. The molecule has 0 saturated heterocycles. The quantitative estimate of drug-likeness (QED) is 0.335. The fourth-order valence-electron chi connectivity index (χ4n) is 3.71. The zero-order valence-electron chi connectivity index (χ0n) is 13.9. The van der Waals surface area contributed by atoms with Crippen molar-refractivity contribution in [2.45, 2.75) is 0 Å². The lowest BCUT2D eigenvalue weighted by molar-refractivity contribution is 0.0980. The number of fused-ring (bicyclic) bond motifs is 5. The van der Waals surface area contributed by atoms with Gasteiger partial charge in [0.25, 0.3) is 0 Å². The molecule has 5 rings (SSSR count). The average Bonchev–Trinajstić information content (AvgIpc) is 2.67. The summed E-state index contributed by atoms with van der Waals surface area (Å²) in [5.41, 5.74) is 0.910. The minimum Gasteiger partial charge on any atom is -0.352 e. The first kappa shape index (κ1) is 17.4. The highest BCUT2D eigenvalue weighted by Crippen LogP contribution is 2.37. The third-order valence-electron chi connectivity index (χ3n) is 4.94. The second-order valence-corrected chi connectivity index (χ2v) is 7.75. The lowest BCUT2D eigenvalue weighted by atomic mass is 9.82. The second-order valence-electron chi connectivity index (χ2n) is 6.50. The SMILES string of the molecule is O=C1c2ccccc2C(=O)c2c1c(Cl)cc1c(=O)c3cc(Cl)cc(Cl)c3[nH]c21. The smallest absolute Gasteiger partial charge is 0.197 e. The van der Waals surface area contributed by atoms with Gasteiger partial charge in [-0.05, 0) is 18.2 Å². The van der Waals surface area contributed by atoms with Crippen LogP contribution in [-0.2, 0) is 0 Å². The topological polar surface area (TPSA) is 67.0 Å². The molecule has 28 heavy (non-hydrogen) atoms. The van der Waals surface area contributed by atoms with Crippen LogP contribution in [0.5, 0.6) is 0 Å². The molecule has 0 unspecified atom stereocenters. The maximum absolute atomic E-state index is 13.2. The van der Waals surface area contributed by atoms with Crippen LogP contribution in [0.15, 0.2) is 47.3 Å². The van der Waals surface area contributed by atoms with Crippen LogP contribution in [0.25, 0.3) is 21.8 Å². The van der Waals surface area contributed by atoms with E-state index in [4.69, 9.17) is 34.8 Å². The first-order valence-corrected chi connectivity index (χ1v) is 9.37. The van der Waals surface area contributed by atoms with E-state index in [-0.39, 0.29) is 65.6 Å². The number of rotatable bonds is 0. The molecule has 1 heterocycles. The molecule has 1 aromatic heterocycles. The molecule has 136 valence electrons. The van der Waals surface area contributed by atoms with Gasteiger partial charge < -0.3 is 4.98 Å². The van der Waals surface area contributed by atoms with Crippen LogP contribution in [0.2, 0.25) is 15.1 Å². The van der Waals surface area contributed by atoms with Crippen LogP contribution in [0.4, 0.5) is 0 Å². The van der Waals surface area contributed by atoms with Gasteiger partial charge in [0.1, 0.15) is 0 Å². The van der Waals surface area contributed by atoms with E-state index in [0.29, 0.717) is 10.5 Å². The van der Waals surface area contributed by atoms with E-state index >= 15 is 0 Å². The van der Waals surface area contributed by atoms with Crippen LogP contribution < -0.4 is 5.43 Å². The molecule has 4 aromatic rings. The number of nitrogens with one attached hydrogen (secondary N) is 1. The van der Waals surface area contributed by atoms with Gasteiger partial charge in [-0.1, -0.05) is 59.1 Å². The van der Waals surface area contributed by atoms with Crippen molar-refractivity contribution in [2.75, 3.05) is 0 Å². The fraction of sp³-hybridized carbons (Fsp3) is 0. The van der Waals surface area contributed by atoms with Gasteiger partial charge in [0, 0.05) is 26.9 Å². The number of benzene rings is 3. The minimum atomic E-state index is -0.378. The molecule has 0 atom stereocenters. The monoisotopic (exact) mass is 427 g/mol. The number of halogens is 3. The molecule has 0 fully saturated rings. The molecule has 0 bridgehead atoms. The molecule has 0 spiro atoms. The summed E-state index contributed by atoms with van der Waals surface area (Å²) in [4.78, 5) is 42.4. The molecule has 0 radical (unpaired) electrons. The van der Waals surface area contributed by atoms with Crippen LogP contribution in [0, 0.1) is 0 Å². The molecule has 1 aliphatic carbocycles. The van der Waals surface area contributed by atoms with E-state index in [1.807, 2.05) is 0 Å². The van der Waals surface area contributed by atoms with Crippen molar-refractivity contribution in [1.29, 1.82) is 0 Å². The summed E-state index contributed by atoms with van der Waals surface area (Å²) in [5, 5.41) is 1.06. The van der Waals surface area contributed by atoms with Gasteiger partial charge in [0.2, 0.25) is 0 Å². The molecule has 3 aromatic carbocycles. The second kappa shape index (κ2) is 5.92. The Hall–Kier alpha value is -2.66. The van der Waals surface area contributed by atoms with Crippen LogP contribution in [0.3, 0.4) is 0 Å². The number of carbonyl (C=O) groups excluding carboxylic acids is 2. The summed E-state index contributed by atoms with van der Waals surface area (Å²) >= 11 is 18.6.